The Hall–Kier alpha value is -4.43. The number of anilines is 1. The molecule has 0 saturated carbocycles. The Bertz CT molecular complexity index is 1360. The van der Waals surface area contributed by atoms with E-state index in [9.17, 15) is 9.90 Å². The van der Waals surface area contributed by atoms with Crippen LogP contribution in [0.15, 0.2) is 114 Å². The predicted octanol–water partition coefficient (Wildman–Crippen LogP) is 4.75. The van der Waals surface area contributed by atoms with Crippen molar-refractivity contribution >= 4 is 11.9 Å². The zero-order chi connectivity index (χ0) is 27.3. The Labute approximate surface area is 223 Å². The quantitative estimate of drug-likeness (QED) is 0.431. The number of carbonyl (C=O) groups excluding carboxylic acids is 1. The van der Waals surface area contributed by atoms with E-state index >= 15 is 0 Å². The molecule has 1 amide bonds. The van der Waals surface area contributed by atoms with Crippen molar-refractivity contribution in [2.75, 3.05) is 19.5 Å². The third kappa shape index (κ3) is 5.03. The van der Waals surface area contributed by atoms with Crippen molar-refractivity contribution in [3.05, 3.63) is 125 Å². The maximum atomic E-state index is 13.3. The first-order valence-electron chi connectivity index (χ1n) is 12.5. The molecule has 0 radical (unpaired) electrons. The van der Waals surface area contributed by atoms with Crippen molar-refractivity contribution < 1.29 is 14.6 Å². The summed E-state index contributed by atoms with van der Waals surface area (Å²) in [6.45, 7) is 8.99. The molecule has 1 aliphatic rings. The lowest BCUT2D eigenvalue weighted by Crippen LogP contribution is -2.32. The van der Waals surface area contributed by atoms with Crippen LogP contribution in [0, 0.1) is 0 Å². The maximum absolute atomic E-state index is 13.3. The summed E-state index contributed by atoms with van der Waals surface area (Å²) in [7, 11) is 3.39. The van der Waals surface area contributed by atoms with Crippen LogP contribution in [0.4, 0.5) is 5.95 Å². The average molecular weight is 512 g/mol. The average Bonchev–Trinajstić information content (AvgIpc) is 3.41. The number of hydrogen-bond acceptors (Lipinski definition) is 6. The fourth-order valence-corrected chi connectivity index (χ4v) is 4.58. The van der Waals surface area contributed by atoms with Crippen LogP contribution in [-0.4, -0.2) is 44.8 Å². The number of allylic oxidation sites excluding steroid dienone is 1. The van der Waals surface area contributed by atoms with E-state index in [1.807, 2.05) is 86.5 Å². The van der Waals surface area contributed by atoms with Crippen LogP contribution in [0.1, 0.15) is 31.4 Å². The molecule has 1 aromatic heterocycles. The Balaban J connectivity index is 1.81. The molecule has 3 aromatic rings. The van der Waals surface area contributed by atoms with Gasteiger partial charge >= 0.3 is 0 Å². The van der Waals surface area contributed by atoms with Gasteiger partial charge in [0.1, 0.15) is 17.7 Å². The van der Waals surface area contributed by atoms with E-state index in [0.29, 0.717) is 41.0 Å². The molecule has 0 saturated heterocycles. The number of benzene rings is 2. The number of aryl methyl sites for hydroxylation is 1. The van der Waals surface area contributed by atoms with E-state index < -0.39 is 11.5 Å². The summed E-state index contributed by atoms with van der Waals surface area (Å²) >= 11 is 0. The lowest BCUT2D eigenvalue weighted by Gasteiger charge is -2.35. The molecule has 196 valence electrons. The Morgan fingerprint density at radius 1 is 1.08 bits per heavy atom. The molecule has 0 aliphatic carbocycles. The maximum Gasteiger partial charge on any atom is 0.261 e. The Morgan fingerprint density at radius 2 is 1.68 bits per heavy atom. The highest BCUT2D eigenvalue weighted by atomic mass is 16.5. The topological polar surface area (TPSA) is 92.5 Å². The second-order valence-corrected chi connectivity index (χ2v) is 8.88. The van der Waals surface area contributed by atoms with Crippen molar-refractivity contribution in [3.63, 3.8) is 0 Å². The van der Waals surface area contributed by atoms with E-state index in [4.69, 9.17) is 4.74 Å². The van der Waals surface area contributed by atoms with Crippen molar-refractivity contribution in [2.24, 2.45) is 0 Å². The molecule has 8 nitrogen and oxygen atoms in total. The smallest absolute Gasteiger partial charge is 0.261 e. The van der Waals surface area contributed by atoms with Crippen LogP contribution in [0.2, 0.25) is 0 Å². The van der Waals surface area contributed by atoms with Crippen LogP contribution in [0.5, 0.6) is 0 Å². The molecule has 0 atom stereocenters. The number of carbonyl (C=O) groups is 1. The molecule has 0 spiro atoms. The second kappa shape index (κ2) is 11.3. The molecule has 2 heterocycles. The summed E-state index contributed by atoms with van der Waals surface area (Å²) in [5.41, 5.74) is 2.28. The van der Waals surface area contributed by atoms with Gasteiger partial charge in [0, 0.05) is 25.5 Å². The first-order chi connectivity index (χ1) is 18.3. The van der Waals surface area contributed by atoms with Crippen molar-refractivity contribution in [1.29, 1.82) is 0 Å². The van der Waals surface area contributed by atoms with Crippen molar-refractivity contribution in [1.82, 2.24) is 19.7 Å². The molecule has 0 fully saturated rings. The summed E-state index contributed by atoms with van der Waals surface area (Å²) in [5, 5.41) is 19.3. The van der Waals surface area contributed by atoms with Crippen molar-refractivity contribution in [2.45, 2.75) is 32.4 Å². The fourth-order valence-electron chi connectivity index (χ4n) is 4.58. The van der Waals surface area contributed by atoms with Crippen LogP contribution >= 0.6 is 0 Å². The minimum absolute atomic E-state index is 0.209. The summed E-state index contributed by atoms with van der Waals surface area (Å²) < 4.78 is 7.17. The van der Waals surface area contributed by atoms with E-state index in [1.54, 1.807) is 23.3 Å². The number of amides is 1. The Kier molecular flexibility index (Phi) is 7.93. The van der Waals surface area contributed by atoms with Gasteiger partial charge in [-0.25, -0.2) is 4.98 Å². The molecular weight excluding hydrogens is 478 g/mol. The summed E-state index contributed by atoms with van der Waals surface area (Å²) in [6, 6.07) is 19.0. The highest BCUT2D eigenvalue weighted by Crippen LogP contribution is 2.42. The molecule has 4 rings (SSSR count). The van der Waals surface area contributed by atoms with Crippen LogP contribution in [-0.2, 0) is 21.7 Å². The third-order valence-electron chi connectivity index (χ3n) is 6.63. The zero-order valence-corrected chi connectivity index (χ0v) is 22.2. The minimum Gasteiger partial charge on any atom is -0.494 e. The summed E-state index contributed by atoms with van der Waals surface area (Å²) in [6.07, 6.45) is 5.62. The molecule has 2 N–H and O–H groups in total. The van der Waals surface area contributed by atoms with E-state index in [-0.39, 0.29) is 5.95 Å². The SMILES string of the molecule is C=C(/C(CC)=C1/C=C(C(=O)Nc2ncn(CC)n2)C(OC)=CN1C)C(O)(c1ccccc1)c1ccccc1. The van der Waals surface area contributed by atoms with Gasteiger partial charge in [-0.2, -0.15) is 0 Å². The number of likely N-dealkylation sites (N-methyl/N-ethyl adjacent to an activating group) is 1. The van der Waals surface area contributed by atoms with Gasteiger partial charge in [-0.05, 0) is 41.7 Å². The van der Waals surface area contributed by atoms with Gasteiger partial charge in [-0.15, -0.1) is 5.10 Å². The van der Waals surface area contributed by atoms with Gasteiger partial charge in [0.15, 0.2) is 0 Å². The van der Waals surface area contributed by atoms with Crippen LogP contribution < -0.4 is 5.32 Å². The molecule has 0 unspecified atom stereocenters. The van der Waals surface area contributed by atoms with E-state index in [2.05, 4.69) is 22.0 Å². The first-order valence-corrected chi connectivity index (χ1v) is 12.5. The van der Waals surface area contributed by atoms with Gasteiger partial charge in [0.25, 0.3) is 5.91 Å². The van der Waals surface area contributed by atoms with Gasteiger partial charge in [-0.3, -0.25) is 14.8 Å². The molecule has 2 aromatic carbocycles. The number of rotatable bonds is 9. The highest BCUT2D eigenvalue weighted by Gasteiger charge is 2.37. The number of nitrogens with zero attached hydrogens (tertiary/aromatic N) is 4. The predicted molar refractivity (Wildman–Crippen MR) is 148 cm³/mol. The first kappa shape index (κ1) is 26.6. The van der Waals surface area contributed by atoms with Gasteiger partial charge in [-0.1, -0.05) is 74.2 Å². The lowest BCUT2D eigenvalue weighted by atomic mass is 9.76. The van der Waals surface area contributed by atoms with E-state index in [1.165, 1.54) is 7.11 Å². The number of ether oxygens (including phenoxy) is 1. The molecular formula is C30H33N5O3. The number of hydrogen-bond donors (Lipinski definition) is 2. The number of nitrogens with one attached hydrogen (secondary N) is 1. The monoisotopic (exact) mass is 511 g/mol. The summed E-state index contributed by atoms with van der Waals surface area (Å²) in [5.74, 6) is 0.200. The minimum atomic E-state index is -1.49. The summed E-state index contributed by atoms with van der Waals surface area (Å²) in [4.78, 5) is 19.3. The molecule has 8 heteroatoms. The van der Waals surface area contributed by atoms with Crippen molar-refractivity contribution in [3.8, 4) is 0 Å². The fraction of sp³-hybridized carbons (Fsp3) is 0.233. The molecule has 1 aliphatic heterocycles. The molecule has 38 heavy (non-hydrogen) atoms. The Morgan fingerprint density at radius 3 is 2.18 bits per heavy atom. The second-order valence-electron chi connectivity index (χ2n) is 8.88. The largest absolute Gasteiger partial charge is 0.494 e. The lowest BCUT2D eigenvalue weighted by molar-refractivity contribution is -0.113. The normalized spacial score (nSPS) is 14.9. The van der Waals surface area contributed by atoms with Gasteiger partial charge < -0.3 is 14.7 Å². The standard InChI is InChI=1S/C30H33N5O3/c1-6-24(21(3)30(37,22-14-10-8-11-15-22)23-16-12-9-13-17-23)26-18-25(27(38-5)19-34(26)4)28(36)32-29-31-20-35(7-2)33-29/h8-20,37H,3,6-7H2,1-2,4-5H3,(H,32,33,36)/b26-24-. The zero-order valence-electron chi connectivity index (χ0n) is 22.2. The van der Waals surface area contributed by atoms with Crippen LogP contribution in [0.3, 0.4) is 0 Å². The highest BCUT2D eigenvalue weighted by molar-refractivity contribution is 6.06. The molecule has 0 bridgehead atoms. The third-order valence-corrected chi connectivity index (χ3v) is 6.63. The van der Waals surface area contributed by atoms with E-state index in [0.717, 1.165) is 11.3 Å². The van der Waals surface area contributed by atoms with Crippen LogP contribution in [0.25, 0.3) is 0 Å². The van der Waals surface area contributed by atoms with Gasteiger partial charge in [0.2, 0.25) is 5.95 Å². The number of methoxy groups -OCH3 is 1. The number of aliphatic hydroxyl groups is 1. The van der Waals surface area contributed by atoms with Gasteiger partial charge in [0.05, 0.1) is 12.7 Å². The number of aromatic nitrogens is 3.